The molecule has 0 rings (SSSR count). The first-order valence-corrected chi connectivity index (χ1v) is 7.96. The molecule has 0 aliphatic carbocycles. The molecule has 0 aromatic rings. The zero-order chi connectivity index (χ0) is 12.8. The lowest BCUT2D eigenvalue weighted by Gasteiger charge is -2.29. The summed E-state index contributed by atoms with van der Waals surface area (Å²) < 4.78 is 6.91. The monoisotopic (exact) mass is 453 g/mol. The first-order chi connectivity index (χ1) is 7.18. The van der Waals surface area contributed by atoms with E-state index in [0.29, 0.717) is 6.61 Å². The fourth-order valence-corrected chi connectivity index (χ4v) is 3.24. The van der Waals surface area contributed by atoms with Crippen molar-refractivity contribution in [1.29, 1.82) is 0 Å². The lowest BCUT2D eigenvalue weighted by molar-refractivity contribution is -0.0255. The van der Waals surface area contributed by atoms with Gasteiger partial charge in [0.05, 0.1) is 5.60 Å². The summed E-state index contributed by atoms with van der Waals surface area (Å²) in [5.41, 5.74) is -0.260. The van der Waals surface area contributed by atoms with E-state index in [1.54, 1.807) is 22.6 Å². The Morgan fingerprint density at radius 3 is 2.25 bits per heavy atom. The van der Waals surface area contributed by atoms with Crippen LogP contribution in [0.3, 0.4) is 0 Å². The van der Waals surface area contributed by atoms with Gasteiger partial charge >= 0.3 is 0 Å². The number of hydrogen-bond acceptors (Lipinski definition) is 2. The Hall–Kier alpha value is 0.890. The van der Waals surface area contributed by atoms with E-state index in [-0.39, 0.29) is 15.1 Å². The van der Waals surface area contributed by atoms with E-state index in [4.69, 9.17) is 4.74 Å². The Morgan fingerprint density at radius 2 is 1.81 bits per heavy atom. The molecule has 0 radical (unpaired) electrons. The smallest absolute Gasteiger partial charge is 0.281 e. The first kappa shape index (κ1) is 16.9. The van der Waals surface area contributed by atoms with Crippen LogP contribution in [-0.4, -0.2) is 26.1 Å². The molecule has 16 heavy (non-hydrogen) atoms. The molecule has 0 bridgehead atoms. The molecule has 0 saturated heterocycles. The van der Waals surface area contributed by atoms with Gasteiger partial charge in [-0.05, 0) is 40.5 Å². The minimum Gasteiger partial charge on any atom is -0.375 e. The summed E-state index contributed by atoms with van der Waals surface area (Å²) in [7, 11) is 0. The molecule has 0 fully saturated rings. The number of carbonyl (C=O) groups excluding carboxylic acids is 1. The second kappa shape index (κ2) is 7.35. The molecular weight excluding hydrogens is 432 g/mol. The van der Waals surface area contributed by atoms with E-state index in [0.717, 1.165) is 17.3 Å². The minimum atomic E-state index is -0.196. The van der Waals surface area contributed by atoms with Crippen molar-refractivity contribution in [2.45, 2.75) is 51.7 Å². The lowest BCUT2D eigenvalue weighted by atomic mass is 10.0. The Kier molecular flexibility index (Phi) is 7.76. The normalized spacial score (nSPS) is 12.6. The van der Waals surface area contributed by atoms with Gasteiger partial charge in [0, 0.05) is 39.2 Å². The molecule has 1 amide bonds. The van der Waals surface area contributed by atoms with E-state index in [1.807, 2.05) is 13.8 Å². The van der Waals surface area contributed by atoms with Gasteiger partial charge in [0.1, 0.15) is 0 Å². The summed E-state index contributed by atoms with van der Waals surface area (Å²) >= 11 is 4.12. The molecule has 5 heteroatoms. The number of hydrogen-bond donors (Lipinski definition) is 1. The van der Waals surface area contributed by atoms with Gasteiger partial charge in [-0.3, -0.25) is 4.79 Å². The highest BCUT2D eigenvalue weighted by Crippen LogP contribution is 2.18. The summed E-state index contributed by atoms with van der Waals surface area (Å²) in [5.74, 6) is 0. The molecule has 0 saturated carbocycles. The fourth-order valence-electron chi connectivity index (χ4n) is 1.21. The van der Waals surface area contributed by atoms with Crippen molar-refractivity contribution in [3.05, 3.63) is 0 Å². The molecule has 3 nitrogen and oxygen atoms in total. The van der Waals surface area contributed by atoms with Crippen LogP contribution in [-0.2, 0) is 4.74 Å². The van der Waals surface area contributed by atoms with Crippen molar-refractivity contribution in [2.75, 3.05) is 11.0 Å². The number of amides is 1. The molecule has 96 valence electrons. The van der Waals surface area contributed by atoms with E-state index in [1.165, 1.54) is 0 Å². The first-order valence-electron chi connectivity index (χ1n) is 5.36. The largest absolute Gasteiger partial charge is 0.375 e. The third kappa shape index (κ3) is 8.98. The maximum atomic E-state index is 11.0. The van der Waals surface area contributed by atoms with Crippen LogP contribution in [0.2, 0.25) is 0 Å². The van der Waals surface area contributed by atoms with Gasteiger partial charge in [0.15, 0.2) is 0 Å². The third-order valence-corrected chi connectivity index (χ3v) is 3.16. The highest BCUT2D eigenvalue weighted by molar-refractivity contribution is 14.1. The maximum Gasteiger partial charge on any atom is 0.281 e. The second-order valence-corrected chi connectivity index (χ2v) is 7.14. The second-order valence-electron chi connectivity index (χ2n) is 5.08. The van der Waals surface area contributed by atoms with Crippen molar-refractivity contribution < 1.29 is 9.53 Å². The van der Waals surface area contributed by atoms with Gasteiger partial charge in [-0.15, -0.1) is 0 Å². The van der Waals surface area contributed by atoms with Crippen LogP contribution in [0.25, 0.3) is 0 Å². The molecule has 0 aromatic carbocycles. The number of alkyl halides is 1. The molecule has 0 aromatic heterocycles. The van der Waals surface area contributed by atoms with E-state index >= 15 is 0 Å². The molecule has 0 aliphatic heterocycles. The predicted molar refractivity (Wildman–Crippen MR) is 84.8 cm³/mol. The average molecular weight is 453 g/mol. The van der Waals surface area contributed by atoms with E-state index in [9.17, 15) is 4.79 Å². The van der Waals surface area contributed by atoms with Crippen molar-refractivity contribution in [1.82, 2.24) is 5.32 Å². The van der Waals surface area contributed by atoms with E-state index in [2.05, 4.69) is 41.8 Å². The highest BCUT2D eigenvalue weighted by Gasteiger charge is 2.22. The van der Waals surface area contributed by atoms with Crippen molar-refractivity contribution in [3.8, 4) is 0 Å². The van der Waals surface area contributed by atoms with Gasteiger partial charge in [-0.2, -0.15) is 0 Å². The summed E-state index contributed by atoms with van der Waals surface area (Å²) in [6.45, 7) is 8.91. The molecule has 0 aliphatic rings. The van der Waals surface area contributed by atoms with Crippen LogP contribution in [0.4, 0.5) is 4.79 Å². The van der Waals surface area contributed by atoms with E-state index < -0.39 is 0 Å². The minimum absolute atomic E-state index is 0.0193. The number of rotatable bonds is 7. The number of halogens is 2. The Balaban J connectivity index is 3.92. The van der Waals surface area contributed by atoms with Crippen LogP contribution < -0.4 is 5.32 Å². The van der Waals surface area contributed by atoms with Crippen LogP contribution in [0.15, 0.2) is 0 Å². The topological polar surface area (TPSA) is 38.3 Å². The van der Waals surface area contributed by atoms with Crippen LogP contribution in [0, 0.1) is 0 Å². The van der Waals surface area contributed by atoms with Crippen LogP contribution >= 0.6 is 45.2 Å². The Bertz CT molecular complexity index is 230. The fraction of sp³-hybridized carbons (Fsp3) is 0.909. The molecule has 0 unspecified atom stereocenters. The molecule has 0 heterocycles. The summed E-state index contributed by atoms with van der Waals surface area (Å²) in [4.78, 5) is 11.0. The number of nitrogens with one attached hydrogen (secondary N) is 1. The number of carbonyl (C=O) groups is 1. The average Bonchev–Trinajstić information content (AvgIpc) is 1.99. The highest BCUT2D eigenvalue weighted by atomic mass is 127. The maximum absolute atomic E-state index is 11.0. The van der Waals surface area contributed by atoms with Crippen molar-refractivity contribution in [3.63, 3.8) is 0 Å². The van der Waals surface area contributed by atoms with Crippen LogP contribution in [0.1, 0.15) is 40.5 Å². The van der Waals surface area contributed by atoms with Gasteiger partial charge in [0.2, 0.25) is 0 Å². The van der Waals surface area contributed by atoms with Gasteiger partial charge in [-0.25, -0.2) is 0 Å². The zero-order valence-electron chi connectivity index (χ0n) is 10.4. The van der Waals surface area contributed by atoms with Crippen molar-refractivity contribution >= 4 is 49.1 Å². The van der Waals surface area contributed by atoms with Gasteiger partial charge in [-0.1, -0.05) is 22.6 Å². The summed E-state index contributed by atoms with van der Waals surface area (Å²) in [5, 5.41) is 2.90. The molecular formula is C11H21I2NO2. The SMILES string of the molecule is CC(C)(CCOC(C)(C)CCI)NC(=O)I. The Labute approximate surface area is 126 Å². The standard InChI is InChI=1S/C11H21I2NO2/c1-10(2,14-9(13)15)6-8-16-11(3,4)5-7-12/h5-8H2,1-4H3,(H,14,15). The molecule has 0 spiro atoms. The van der Waals surface area contributed by atoms with Gasteiger partial charge < -0.3 is 10.1 Å². The summed E-state index contributed by atoms with van der Waals surface area (Å²) in [6, 6.07) is 0. The zero-order valence-corrected chi connectivity index (χ0v) is 14.7. The predicted octanol–water partition coefficient (Wildman–Crippen LogP) is 3.92. The summed E-state index contributed by atoms with van der Waals surface area (Å²) in [6.07, 6.45) is 1.87. The third-order valence-electron chi connectivity index (χ3n) is 2.35. The van der Waals surface area contributed by atoms with Crippen LogP contribution in [0.5, 0.6) is 0 Å². The molecule has 1 N–H and O–H groups in total. The lowest BCUT2D eigenvalue weighted by Crippen LogP contribution is -2.42. The Morgan fingerprint density at radius 1 is 1.25 bits per heavy atom. The molecule has 0 atom stereocenters. The van der Waals surface area contributed by atoms with Crippen molar-refractivity contribution in [2.24, 2.45) is 0 Å². The van der Waals surface area contributed by atoms with Gasteiger partial charge in [0.25, 0.3) is 3.91 Å². The quantitative estimate of drug-likeness (QED) is 0.275. The number of ether oxygens (including phenoxy) is 1.